The molecule has 0 aliphatic heterocycles. The van der Waals surface area contributed by atoms with E-state index < -0.39 is 8.56 Å². The van der Waals surface area contributed by atoms with Crippen molar-refractivity contribution in [1.82, 2.24) is 0 Å². The van der Waals surface area contributed by atoms with E-state index in [1.165, 1.54) is 0 Å². The molecule has 0 bridgehead atoms. The predicted octanol–water partition coefficient (Wildman–Crippen LogP) is -0.336. The highest BCUT2D eigenvalue weighted by atomic mass is 28.4. The van der Waals surface area contributed by atoms with Crippen LogP contribution in [0.5, 0.6) is 0 Å². The fraction of sp³-hybridized carbons (Fsp3) is 1.00. The van der Waals surface area contributed by atoms with Gasteiger partial charge in [-0.2, -0.15) is 0 Å². The highest BCUT2D eigenvalue weighted by Crippen LogP contribution is 2.04. The number of rotatable bonds is 5. The Kier molecular flexibility index (Phi) is 4.84. The lowest BCUT2D eigenvalue weighted by molar-refractivity contribution is 0.0513. The molecule has 0 aliphatic rings. The van der Waals surface area contributed by atoms with Crippen LogP contribution in [0.3, 0.4) is 0 Å². The Hall–Kier alpha value is 0.0569. The molecule has 62 valence electrons. The van der Waals surface area contributed by atoms with Crippen molar-refractivity contribution in [3.63, 3.8) is 0 Å². The molecule has 0 aromatic heterocycles. The third-order valence-corrected chi connectivity index (χ3v) is 2.68. The molecule has 5 heteroatoms. The van der Waals surface area contributed by atoms with Gasteiger partial charge in [-0.25, -0.2) is 0 Å². The van der Waals surface area contributed by atoms with Crippen LogP contribution in [-0.4, -0.2) is 38.8 Å². The Morgan fingerprint density at radius 1 is 1.20 bits per heavy atom. The minimum Gasteiger partial charge on any atom is -0.394 e. The fourth-order valence-electron chi connectivity index (χ4n) is 0.489. The first-order chi connectivity index (χ1) is 4.62. The van der Waals surface area contributed by atoms with Gasteiger partial charge in [0.25, 0.3) is 0 Å². The standard InChI is InChI=1S/C5H14O4Si/c1-10(2,9-5-7)8-4-3-6/h6-7H,3-5H2,1-2H3. The van der Waals surface area contributed by atoms with Gasteiger partial charge < -0.3 is 19.1 Å². The minimum atomic E-state index is -2.13. The summed E-state index contributed by atoms with van der Waals surface area (Å²) in [4.78, 5) is 0. The quantitative estimate of drug-likeness (QED) is 0.433. The maximum atomic E-state index is 8.38. The topological polar surface area (TPSA) is 58.9 Å². The average Bonchev–Trinajstić information content (AvgIpc) is 1.84. The van der Waals surface area contributed by atoms with Crippen LogP contribution in [0.25, 0.3) is 0 Å². The number of aliphatic hydroxyl groups excluding tert-OH is 2. The van der Waals surface area contributed by atoms with Crippen molar-refractivity contribution in [2.75, 3.05) is 20.0 Å². The molecule has 0 radical (unpaired) electrons. The third kappa shape index (κ3) is 4.89. The van der Waals surface area contributed by atoms with E-state index in [1.807, 2.05) is 0 Å². The van der Waals surface area contributed by atoms with Crippen LogP contribution in [-0.2, 0) is 8.85 Å². The van der Waals surface area contributed by atoms with Crippen molar-refractivity contribution in [2.24, 2.45) is 0 Å². The second-order valence-corrected chi connectivity index (χ2v) is 5.62. The van der Waals surface area contributed by atoms with Gasteiger partial charge in [0.15, 0.2) is 0 Å². The Bertz CT molecular complexity index is 85.7. The Balaban J connectivity index is 3.42. The molecule has 0 aliphatic carbocycles. The molecule has 0 aromatic rings. The summed E-state index contributed by atoms with van der Waals surface area (Å²) >= 11 is 0. The highest BCUT2D eigenvalue weighted by molar-refractivity contribution is 6.64. The number of aliphatic hydroxyl groups is 2. The molecule has 0 aromatic carbocycles. The molecule has 0 heterocycles. The molecule has 4 nitrogen and oxygen atoms in total. The van der Waals surface area contributed by atoms with Gasteiger partial charge in [0, 0.05) is 0 Å². The van der Waals surface area contributed by atoms with Crippen LogP contribution >= 0.6 is 0 Å². The molecule has 0 saturated carbocycles. The predicted molar refractivity (Wildman–Crippen MR) is 38.7 cm³/mol. The van der Waals surface area contributed by atoms with Gasteiger partial charge in [0.2, 0.25) is 0 Å². The van der Waals surface area contributed by atoms with Gasteiger partial charge in [-0.05, 0) is 13.1 Å². The zero-order valence-corrected chi connectivity index (χ0v) is 7.33. The van der Waals surface area contributed by atoms with E-state index in [1.54, 1.807) is 13.1 Å². The maximum Gasteiger partial charge on any atom is 0.333 e. The first-order valence-corrected chi connectivity index (χ1v) is 5.93. The average molecular weight is 166 g/mol. The highest BCUT2D eigenvalue weighted by Gasteiger charge is 2.23. The fourth-order valence-corrected chi connectivity index (χ4v) is 1.47. The molecule has 0 unspecified atom stereocenters. The second-order valence-electron chi connectivity index (χ2n) is 2.25. The van der Waals surface area contributed by atoms with E-state index in [0.29, 0.717) is 0 Å². The van der Waals surface area contributed by atoms with Crippen molar-refractivity contribution in [1.29, 1.82) is 0 Å². The van der Waals surface area contributed by atoms with Crippen molar-refractivity contribution in [3.05, 3.63) is 0 Å². The first kappa shape index (κ1) is 10.1. The normalized spacial score (nSPS) is 12.0. The van der Waals surface area contributed by atoms with E-state index >= 15 is 0 Å². The molecule has 2 N–H and O–H groups in total. The molecule has 0 amide bonds. The van der Waals surface area contributed by atoms with Crippen molar-refractivity contribution in [3.8, 4) is 0 Å². The summed E-state index contributed by atoms with van der Waals surface area (Å²) in [6, 6.07) is 0. The van der Waals surface area contributed by atoms with E-state index in [4.69, 9.17) is 19.1 Å². The van der Waals surface area contributed by atoms with Crippen molar-refractivity contribution >= 4 is 8.56 Å². The van der Waals surface area contributed by atoms with Gasteiger partial charge in [-0.3, -0.25) is 0 Å². The van der Waals surface area contributed by atoms with Crippen molar-refractivity contribution < 1.29 is 19.1 Å². The Morgan fingerprint density at radius 2 is 1.80 bits per heavy atom. The molecular formula is C5H14O4Si. The number of hydrogen-bond donors (Lipinski definition) is 2. The van der Waals surface area contributed by atoms with Crippen LogP contribution in [0.15, 0.2) is 0 Å². The van der Waals surface area contributed by atoms with E-state index in [9.17, 15) is 0 Å². The minimum absolute atomic E-state index is 0.00871. The Morgan fingerprint density at radius 3 is 2.20 bits per heavy atom. The van der Waals surface area contributed by atoms with Crippen LogP contribution in [0.2, 0.25) is 13.1 Å². The lowest BCUT2D eigenvalue weighted by atomic mass is 10.8. The van der Waals surface area contributed by atoms with E-state index in [0.717, 1.165) is 0 Å². The molecule has 10 heavy (non-hydrogen) atoms. The Labute approximate surface area is 61.6 Å². The summed E-state index contributed by atoms with van der Waals surface area (Å²) in [6.07, 6.45) is 0. The van der Waals surface area contributed by atoms with Gasteiger partial charge in [-0.15, -0.1) is 0 Å². The molecule has 0 saturated heterocycles. The van der Waals surface area contributed by atoms with Crippen LogP contribution in [0, 0.1) is 0 Å². The lowest BCUT2D eigenvalue weighted by Gasteiger charge is -2.20. The number of hydrogen-bond acceptors (Lipinski definition) is 4. The summed E-state index contributed by atoms with van der Waals surface area (Å²) in [5.74, 6) is 0. The summed E-state index contributed by atoms with van der Waals surface area (Å²) in [6.45, 7) is 3.56. The zero-order valence-electron chi connectivity index (χ0n) is 6.33. The molecular weight excluding hydrogens is 152 g/mol. The van der Waals surface area contributed by atoms with Crippen molar-refractivity contribution in [2.45, 2.75) is 13.1 Å². The summed E-state index contributed by atoms with van der Waals surface area (Å²) in [5, 5.41) is 16.7. The maximum absolute atomic E-state index is 8.38. The molecule has 0 spiro atoms. The molecule has 0 rings (SSSR count). The lowest BCUT2D eigenvalue weighted by Crippen LogP contribution is -2.36. The zero-order chi connectivity index (χ0) is 8.04. The SMILES string of the molecule is C[Si](C)(OCO)OCCO. The summed E-state index contributed by atoms with van der Waals surface area (Å²) in [5.41, 5.74) is 0. The first-order valence-electron chi connectivity index (χ1n) is 3.12. The van der Waals surface area contributed by atoms with Gasteiger partial charge in [0.1, 0.15) is 6.79 Å². The third-order valence-electron chi connectivity index (χ3n) is 0.953. The van der Waals surface area contributed by atoms with Gasteiger partial charge >= 0.3 is 8.56 Å². The van der Waals surface area contributed by atoms with Gasteiger partial charge in [-0.1, -0.05) is 0 Å². The monoisotopic (exact) mass is 166 g/mol. The second kappa shape index (κ2) is 4.81. The van der Waals surface area contributed by atoms with Crippen LogP contribution in [0.4, 0.5) is 0 Å². The smallest absolute Gasteiger partial charge is 0.333 e. The van der Waals surface area contributed by atoms with Crippen LogP contribution in [0.1, 0.15) is 0 Å². The molecule has 0 atom stereocenters. The van der Waals surface area contributed by atoms with Crippen LogP contribution < -0.4 is 0 Å². The largest absolute Gasteiger partial charge is 0.394 e. The van der Waals surface area contributed by atoms with Gasteiger partial charge in [0.05, 0.1) is 13.2 Å². The van der Waals surface area contributed by atoms with E-state index in [2.05, 4.69) is 0 Å². The summed E-state index contributed by atoms with van der Waals surface area (Å²) < 4.78 is 10.0. The summed E-state index contributed by atoms with van der Waals surface area (Å²) in [7, 11) is -2.13. The molecule has 0 fully saturated rings. The van der Waals surface area contributed by atoms with E-state index in [-0.39, 0.29) is 20.0 Å².